The summed E-state index contributed by atoms with van der Waals surface area (Å²) in [4.78, 5) is 23.4. The highest BCUT2D eigenvalue weighted by molar-refractivity contribution is 7.47. The van der Waals surface area contributed by atoms with Crippen LogP contribution in [0.3, 0.4) is 0 Å². The molecule has 0 aliphatic carbocycles. The molecule has 0 aromatic heterocycles. The fourth-order valence-corrected chi connectivity index (χ4v) is 11.2. The van der Waals surface area contributed by atoms with Gasteiger partial charge in [-0.2, -0.15) is 0 Å². The van der Waals surface area contributed by atoms with Crippen LogP contribution in [-0.2, 0) is 18.4 Å². The Morgan fingerprint density at radius 2 is 0.705 bits per heavy atom. The highest BCUT2D eigenvalue weighted by Gasteiger charge is 2.28. The SMILES string of the molecule is CCCCCCCCCCCCCCCCCCCC/C=C/CC/C=C/CC/C=C/C(O)C(COP(=O)(O)OCC[N+](C)(C)C)NC(=O)CCCCCCCCCCCCCCCCCCCCCCCCCCCCCC. The minimum absolute atomic E-state index is 0.0554. The fourth-order valence-electron chi connectivity index (χ4n) is 10.5. The Balaban J connectivity index is 4.12. The molecule has 0 bridgehead atoms. The Kier molecular flexibility index (Phi) is 59.3. The number of phosphoric ester groups is 1. The maximum absolute atomic E-state index is 13.0. The number of aliphatic hydroxyl groups excluding tert-OH is 1. The quantitative estimate of drug-likeness (QED) is 0.0243. The van der Waals surface area contributed by atoms with E-state index in [0.717, 1.165) is 44.9 Å². The number of nitrogens with one attached hydrogen (secondary N) is 1. The molecular formula is C69H136N2O6P+. The van der Waals surface area contributed by atoms with Crippen LogP contribution in [0.1, 0.15) is 348 Å². The van der Waals surface area contributed by atoms with Gasteiger partial charge < -0.3 is 19.8 Å². The molecule has 9 heteroatoms. The lowest BCUT2D eigenvalue weighted by Gasteiger charge is -2.25. The van der Waals surface area contributed by atoms with E-state index in [0.29, 0.717) is 17.4 Å². The first-order valence-corrected chi connectivity index (χ1v) is 35.9. The van der Waals surface area contributed by atoms with Crippen molar-refractivity contribution in [1.29, 1.82) is 0 Å². The van der Waals surface area contributed by atoms with Crippen molar-refractivity contribution in [2.24, 2.45) is 0 Å². The molecule has 0 aromatic rings. The first kappa shape index (κ1) is 76.7. The highest BCUT2D eigenvalue weighted by Crippen LogP contribution is 2.43. The van der Waals surface area contributed by atoms with Gasteiger partial charge in [-0.15, -0.1) is 0 Å². The van der Waals surface area contributed by atoms with Crippen molar-refractivity contribution in [1.82, 2.24) is 5.32 Å². The van der Waals surface area contributed by atoms with Crippen LogP contribution in [0.15, 0.2) is 36.5 Å². The number of quaternary nitrogens is 1. The third kappa shape index (κ3) is 62.3. The Morgan fingerprint density at radius 3 is 1.03 bits per heavy atom. The summed E-state index contributed by atoms with van der Waals surface area (Å²) in [5.41, 5.74) is 0. The molecule has 3 atom stereocenters. The monoisotopic (exact) mass is 1120 g/mol. The highest BCUT2D eigenvalue weighted by atomic mass is 31.2. The molecular weight excluding hydrogens is 984 g/mol. The minimum atomic E-state index is -4.36. The van der Waals surface area contributed by atoms with Gasteiger partial charge in [0.25, 0.3) is 0 Å². The summed E-state index contributed by atoms with van der Waals surface area (Å²) in [7, 11) is 1.56. The summed E-state index contributed by atoms with van der Waals surface area (Å²) < 4.78 is 23.8. The maximum atomic E-state index is 13.0. The molecule has 0 heterocycles. The van der Waals surface area contributed by atoms with Crippen molar-refractivity contribution < 1.29 is 32.9 Å². The van der Waals surface area contributed by atoms with E-state index < -0.39 is 20.0 Å². The largest absolute Gasteiger partial charge is 0.472 e. The standard InChI is InChI=1S/C69H135N2O6P/c1-6-8-10-12-14-16-18-20-22-24-26-28-30-32-34-36-38-40-42-44-46-48-50-52-54-56-58-60-62-68(72)67(66-77-78(74,75)76-65-64-71(3,4)5)70-69(73)63-61-59-57-55-53-51-49-47-45-43-41-39-37-35-33-31-29-27-25-23-21-19-17-15-13-11-9-7-2/h44,46,52,54,60,62,67-68,72H,6-43,45,47-51,53,55-59,61,63-66H2,1-5H3,(H-,70,73,74,75)/p+1/b46-44+,54-52+,62-60+. The number of aliphatic hydroxyl groups is 1. The van der Waals surface area contributed by atoms with Crippen LogP contribution in [0.4, 0.5) is 0 Å². The minimum Gasteiger partial charge on any atom is -0.387 e. The number of hydrogen-bond acceptors (Lipinski definition) is 5. The van der Waals surface area contributed by atoms with Gasteiger partial charge in [0.15, 0.2) is 0 Å². The second-order valence-corrected chi connectivity index (χ2v) is 26.4. The molecule has 0 spiro atoms. The second kappa shape index (κ2) is 60.3. The molecule has 0 fully saturated rings. The molecule has 0 aromatic carbocycles. The molecule has 0 rings (SSSR count). The number of carbonyl (C=O) groups excluding carboxylic acids is 1. The van der Waals surface area contributed by atoms with Gasteiger partial charge in [0.05, 0.1) is 39.9 Å². The van der Waals surface area contributed by atoms with E-state index in [9.17, 15) is 19.4 Å². The predicted octanol–water partition coefficient (Wildman–Crippen LogP) is 21.7. The van der Waals surface area contributed by atoms with E-state index in [1.165, 1.54) is 283 Å². The summed E-state index contributed by atoms with van der Waals surface area (Å²) in [6.45, 7) is 4.85. The number of allylic oxidation sites excluding steroid dienone is 5. The van der Waals surface area contributed by atoms with Crippen LogP contribution in [-0.4, -0.2) is 73.4 Å². The normalized spacial score (nSPS) is 13.9. The van der Waals surface area contributed by atoms with Crippen LogP contribution in [0.5, 0.6) is 0 Å². The lowest BCUT2D eigenvalue weighted by Crippen LogP contribution is -2.45. The fraction of sp³-hybridized carbons (Fsp3) is 0.899. The van der Waals surface area contributed by atoms with Gasteiger partial charge in [-0.25, -0.2) is 4.57 Å². The van der Waals surface area contributed by atoms with Crippen molar-refractivity contribution >= 4 is 13.7 Å². The second-order valence-electron chi connectivity index (χ2n) is 24.9. The van der Waals surface area contributed by atoms with Gasteiger partial charge in [0.2, 0.25) is 5.91 Å². The Morgan fingerprint density at radius 1 is 0.423 bits per heavy atom. The Labute approximate surface area is 487 Å². The van der Waals surface area contributed by atoms with Gasteiger partial charge >= 0.3 is 7.82 Å². The topological polar surface area (TPSA) is 105 Å². The van der Waals surface area contributed by atoms with E-state index in [1.54, 1.807) is 6.08 Å². The summed E-state index contributed by atoms with van der Waals surface area (Å²) in [6.07, 6.45) is 80.1. The summed E-state index contributed by atoms with van der Waals surface area (Å²) in [5.74, 6) is -0.183. The number of unbranched alkanes of at least 4 members (excludes halogenated alkanes) is 47. The molecule has 3 N–H and O–H groups in total. The van der Waals surface area contributed by atoms with Crippen molar-refractivity contribution in [3.63, 3.8) is 0 Å². The van der Waals surface area contributed by atoms with E-state index in [1.807, 2.05) is 27.2 Å². The number of hydrogen-bond donors (Lipinski definition) is 3. The van der Waals surface area contributed by atoms with Gasteiger partial charge in [0.1, 0.15) is 13.2 Å². The summed E-state index contributed by atoms with van der Waals surface area (Å²) in [6, 6.07) is -0.869. The molecule has 1 amide bonds. The van der Waals surface area contributed by atoms with E-state index in [2.05, 4.69) is 43.5 Å². The van der Waals surface area contributed by atoms with Crippen LogP contribution in [0, 0.1) is 0 Å². The summed E-state index contributed by atoms with van der Waals surface area (Å²) in [5, 5.41) is 14.0. The van der Waals surface area contributed by atoms with Crippen molar-refractivity contribution in [2.45, 2.75) is 360 Å². The Bertz CT molecular complexity index is 1360. The number of amides is 1. The first-order valence-electron chi connectivity index (χ1n) is 34.4. The van der Waals surface area contributed by atoms with Crippen LogP contribution in [0.2, 0.25) is 0 Å². The smallest absolute Gasteiger partial charge is 0.387 e. The molecule has 0 aliphatic heterocycles. The maximum Gasteiger partial charge on any atom is 0.472 e. The average Bonchev–Trinajstić information content (AvgIpc) is 3.41. The zero-order chi connectivity index (χ0) is 57.0. The molecule has 0 radical (unpaired) electrons. The van der Waals surface area contributed by atoms with Crippen molar-refractivity contribution in [2.75, 3.05) is 40.9 Å². The van der Waals surface area contributed by atoms with Gasteiger partial charge in [-0.05, 0) is 44.9 Å². The molecule has 0 saturated carbocycles. The molecule has 0 saturated heterocycles. The average molecular weight is 1120 g/mol. The predicted molar refractivity (Wildman–Crippen MR) is 341 cm³/mol. The molecule has 3 unspecified atom stereocenters. The van der Waals surface area contributed by atoms with Gasteiger partial charge in [-0.1, -0.05) is 333 Å². The molecule has 462 valence electrons. The molecule has 8 nitrogen and oxygen atoms in total. The van der Waals surface area contributed by atoms with Gasteiger partial charge in [0, 0.05) is 6.42 Å². The molecule has 78 heavy (non-hydrogen) atoms. The van der Waals surface area contributed by atoms with E-state index in [4.69, 9.17) is 9.05 Å². The van der Waals surface area contributed by atoms with Crippen molar-refractivity contribution in [3.05, 3.63) is 36.5 Å². The number of likely N-dealkylation sites (N-methyl/N-ethyl adjacent to an activating group) is 1. The van der Waals surface area contributed by atoms with Crippen LogP contribution >= 0.6 is 7.82 Å². The number of carbonyl (C=O) groups is 1. The number of nitrogens with zero attached hydrogens (tertiary/aromatic N) is 1. The third-order valence-corrected chi connectivity index (χ3v) is 16.8. The number of phosphoric acid groups is 1. The van der Waals surface area contributed by atoms with E-state index >= 15 is 0 Å². The van der Waals surface area contributed by atoms with Gasteiger partial charge in [-0.3, -0.25) is 13.8 Å². The lowest BCUT2D eigenvalue weighted by molar-refractivity contribution is -0.870. The third-order valence-electron chi connectivity index (χ3n) is 15.8. The molecule has 0 aliphatic rings. The summed E-state index contributed by atoms with van der Waals surface area (Å²) >= 11 is 0. The zero-order valence-electron chi connectivity index (χ0n) is 52.9. The van der Waals surface area contributed by atoms with E-state index in [-0.39, 0.29) is 19.1 Å². The van der Waals surface area contributed by atoms with Crippen LogP contribution in [0.25, 0.3) is 0 Å². The first-order chi connectivity index (χ1) is 38.0. The van der Waals surface area contributed by atoms with Crippen LogP contribution < -0.4 is 5.32 Å². The zero-order valence-corrected chi connectivity index (χ0v) is 53.8. The van der Waals surface area contributed by atoms with Crippen molar-refractivity contribution in [3.8, 4) is 0 Å². The lowest BCUT2D eigenvalue weighted by atomic mass is 10.0. The number of rotatable bonds is 64. The Hall–Kier alpha value is -1.28.